The van der Waals surface area contributed by atoms with Gasteiger partial charge in [0, 0.05) is 39.3 Å². The molecule has 78 valence electrons. The first-order chi connectivity index (χ1) is 6.33. The van der Waals surface area contributed by atoms with E-state index in [0.717, 1.165) is 26.2 Å². The summed E-state index contributed by atoms with van der Waals surface area (Å²) in [5.41, 5.74) is 0. The highest BCUT2D eigenvalue weighted by atomic mass is 16.5. The molecule has 1 aliphatic rings. The molecule has 13 heavy (non-hydrogen) atoms. The van der Waals surface area contributed by atoms with Crippen molar-refractivity contribution in [2.24, 2.45) is 0 Å². The summed E-state index contributed by atoms with van der Waals surface area (Å²) in [5, 5.41) is 0. The lowest BCUT2D eigenvalue weighted by molar-refractivity contribution is 0.0822. The van der Waals surface area contributed by atoms with Gasteiger partial charge in [-0.05, 0) is 13.5 Å². The Morgan fingerprint density at radius 2 is 1.77 bits per heavy atom. The van der Waals surface area contributed by atoms with Crippen molar-refractivity contribution < 1.29 is 4.74 Å². The normalized spacial score (nSPS) is 20.8. The zero-order valence-electron chi connectivity index (χ0n) is 8.96. The van der Waals surface area contributed by atoms with Crippen molar-refractivity contribution in [2.75, 3.05) is 53.0 Å². The van der Waals surface area contributed by atoms with Gasteiger partial charge < -0.3 is 9.64 Å². The third-order valence-electron chi connectivity index (χ3n) is 2.50. The maximum Gasteiger partial charge on any atom is 0.0593 e. The summed E-state index contributed by atoms with van der Waals surface area (Å²) in [6.07, 6.45) is 1.13. The van der Waals surface area contributed by atoms with Crippen LogP contribution in [-0.4, -0.2) is 62.8 Å². The van der Waals surface area contributed by atoms with E-state index in [1.807, 2.05) is 0 Å². The molecule has 0 aromatic carbocycles. The second kappa shape index (κ2) is 6.35. The monoisotopic (exact) mass is 186 g/mol. The van der Waals surface area contributed by atoms with Gasteiger partial charge in [0.1, 0.15) is 0 Å². The molecule has 1 fully saturated rings. The maximum absolute atomic E-state index is 5.46. The third kappa shape index (κ3) is 4.60. The van der Waals surface area contributed by atoms with E-state index in [1.54, 1.807) is 0 Å². The minimum Gasteiger partial charge on any atom is -0.380 e. The average Bonchev–Trinajstić information content (AvgIpc) is 2.15. The van der Waals surface area contributed by atoms with Crippen LogP contribution in [-0.2, 0) is 4.74 Å². The van der Waals surface area contributed by atoms with Gasteiger partial charge in [0.2, 0.25) is 0 Å². The lowest BCUT2D eigenvalue weighted by atomic mass is 10.3. The Hall–Kier alpha value is -0.120. The highest BCUT2D eigenvalue weighted by molar-refractivity contribution is 4.68. The van der Waals surface area contributed by atoms with Crippen LogP contribution < -0.4 is 0 Å². The second-order valence-electron chi connectivity index (χ2n) is 3.76. The van der Waals surface area contributed by atoms with E-state index in [2.05, 4.69) is 23.8 Å². The molecule has 0 amide bonds. The van der Waals surface area contributed by atoms with E-state index in [-0.39, 0.29) is 0 Å². The second-order valence-corrected chi connectivity index (χ2v) is 3.76. The largest absolute Gasteiger partial charge is 0.380 e. The highest BCUT2D eigenvalue weighted by Crippen LogP contribution is 1.98. The van der Waals surface area contributed by atoms with Gasteiger partial charge >= 0.3 is 0 Å². The molecular formula is C10H22N2O. The van der Waals surface area contributed by atoms with Crippen LogP contribution in [0.25, 0.3) is 0 Å². The molecule has 0 aromatic heterocycles. The lowest BCUT2D eigenvalue weighted by Crippen LogP contribution is -2.45. The third-order valence-corrected chi connectivity index (χ3v) is 2.50. The summed E-state index contributed by atoms with van der Waals surface area (Å²) < 4.78 is 5.46. The Bertz CT molecular complexity index is 122. The van der Waals surface area contributed by atoms with Crippen molar-refractivity contribution in [2.45, 2.75) is 13.3 Å². The molecule has 1 rings (SSSR count). The summed E-state index contributed by atoms with van der Waals surface area (Å²) in [6.45, 7) is 9.87. The molecule has 3 heteroatoms. The van der Waals surface area contributed by atoms with E-state index in [0.29, 0.717) is 0 Å². The number of piperazine rings is 1. The van der Waals surface area contributed by atoms with Gasteiger partial charge in [0.25, 0.3) is 0 Å². The van der Waals surface area contributed by atoms with Crippen LogP contribution in [0.5, 0.6) is 0 Å². The number of hydrogen-bond acceptors (Lipinski definition) is 3. The van der Waals surface area contributed by atoms with Crippen molar-refractivity contribution >= 4 is 0 Å². The van der Waals surface area contributed by atoms with Gasteiger partial charge in [0.05, 0.1) is 6.61 Å². The zero-order valence-corrected chi connectivity index (χ0v) is 8.96. The summed E-state index contributed by atoms with van der Waals surface area (Å²) in [4.78, 5) is 4.86. The topological polar surface area (TPSA) is 15.7 Å². The quantitative estimate of drug-likeness (QED) is 0.587. The smallest absolute Gasteiger partial charge is 0.0593 e. The van der Waals surface area contributed by atoms with Crippen molar-refractivity contribution in [3.8, 4) is 0 Å². The van der Waals surface area contributed by atoms with E-state index in [9.17, 15) is 0 Å². The van der Waals surface area contributed by atoms with Crippen molar-refractivity contribution in [1.29, 1.82) is 0 Å². The first kappa shape index (κ1) is 11.0. The predicted octanol–water partition coefficient (Wildman–Crippen LogP) is 0.660. The Morgan fingerprint density at radius 3 is 2.38 bits per heavy atom. The van der Waals surface area contributed by atoms with Gasteiger partial charge in [-0.1, -0.05) is 6.92 Å². The summed E-state index contributed by atoms with van der Waals surface area (Å²) in [6, 6.07) is 0. The van der Waals surface area contributed by atoms with Crippen LogP contribution in [0.2, 0.25) is 0 Å². The standard InChI is InChI=1S/C10H22N2O/c1-3-9-13-10-8-12-6-4-11(2)5-7-12/h3-10H2,1-2H3. The molecule has 0 N–H and O–H groups in total. The molecular weight excluding hydrogens is 164 g/mol. The Labute approximate surface area is 81.7 Å². The van der Waals surface area contributed by atoms with Crippen molar-refractivity contribution in [1.82, 2.24) is 9.80 Å². The van der Waals surface area contributed by atoms with Gasteiger partial charge in [-0.25, -0.2) is 0 Å². The van der Waals surface area contributed by atoms with Gasteiger partial charge in [-0.2, -0.15) is 0 Å². The minimum absolute atomic E-state index is 0.900. The molecule has 0 saturated carbocycles. The average molecular weight is 186 g/mol. The number of hydrogen-bond donors (Lipinski definition) is 0. The fourth-order valence-corrected chi connectivity index (χ4v) is 1.51. The van der Waals surface area contributed by atoms with Crippen LogP contribution in [0.4, 0.5) is 0 Å². The van der Waals surface area contributed by atoms with Crippen LogP contribution >= 0.6 is 0 Å². The molecule has 1 saturated heterocycles. The van der Waals surface area contributed by atoms with E-state index in [4.69, 9.17) is 4.74 Å². The zero-order chi connectivity index (χ0) is 9.52. The first-order valence-corrected chi connectivity index (χ1v) is 5.31. The molecule has 0 spiro atoms. The summed E-state index contributed by atoms with van der Waals surface area (Å²) in [5.74, 6) is 0. The highest BCUT2D eigenvalue weighted by Gasteiger charge is 2.12. The molecule has 0 radical (unpaired) electrons. The van der Waals surface area contributed by atoms with Crippen LogP contribution in [0.15, 0.2) is 0 Å². The Morgan fingerprint density at radius 1 is 1.08 bits per heavy atom. The van der Waals surface area contributed by atoms with Crippen molar-refractivity contribution in [3.63, 3.8) is 0 Å². The Kier molecular flexibility index (Phi) is 5.35. The predicted molar refractivity (Wildman–Crippen MR) is 55.0 cm³/mol. The van der Waals surface area contributed by atoms with E-state index >= 15 is 0 Å². The minimum atomic E-state index is 0.900. The molecule has 3 nitrogen and oxygen atoms in total. The molecule has 1 aliphatic heterocycles. The van der Waals surface area contributed by atoms with Gasteiger partial charge in [0.15, 0.2) is 0 Å². The molecule has 1 heterocycles. The summed E-state index contributed by atoms with van der Waals surface area (Å²) in [7, 11) is 2.19. The van der Waals surface area contributed by atoms with Crippen molar-refractivity contribution in [3.05, 3.63) is 0 Å². The number of nitrogens with zero attached hydrogens (tertiary/aromatic N) is 2. The summed E-state index contributed by atoms with van der Waals surface area (Å²) >= 11 is 0. The molecule has 0 unspecified atom stereocenters. The number of ether oxygens (including phenoxy) is 1. The van der Waals surface area contributed by atoms with Gasteiger partial charge in [-0.3, -0.25) is 4.90 Å². The van der Waals surface area contributed by atoms with Gasteiger partial charge in [-0.15, -0.1) is 0 Å². The maximum atomic E-state index is 5.46. The molecule has 0 aliphatic carbocycles. The SMILES string of the molecule is CCCOCCN1CCN(C)CC1. The fraction of sp³-hybridized carbons (Fsp3) is 1.00. The molecule has 0 aromatic rings. The first-order valence-electron chi connectivity index (χ1n) is 5.31. The van der Waals surface area contributed by atoms with E-state index in [1.165, 1.54) is 26.2 Å². The number of likely N-dealkylation sites (N-methyl/N-ethyl adjacent to an activating group) is 1. The fourth-order valence-electron chi connectivity index (χ4n) is 1.51. The van der Waals surface area contributed by atoms with E-state index < -0.39 is 0 Å². The number of rotatable bonds is 5. The Balaban J connectivity index is 1.96. The van der Waals surface area contributed by atoms with Crippen LogP contribution in [0.3, 0.4) is 0 Å². The lowest BCUT2D eigenvalue weighted by Gasteiger charge is -2.32. The molecule has 0 atom stereocenters. The molecule has 0 bridgehead atoms. The van der Waals surface area contributed by atoms with Crippen LogP contribution in [0.1, 0.15) is 13.3 Å². The van der Waals surface area contributed by atoms with Crippen LogP contribution in [0, 0.1) is 0 Å².